The molecule has 0 saturated carbocycles. The zero-order valence-electron chi connectivity index (χ0n) is 8.36. The smallest absolute Gasteiger partial charge is 0.304 e. The fraction of sp³-hybridized carbons (Fsp3) is 0.200. The lowest BCUT2D eigenvalue weighted by Gasteiger charge is -2.10. The van der Waals surface area contributed by atoms with E-state index in [0.29, 0.717) is 11.4 Å². The summed E-state index contributed by atoms with van der Waals surface area (Å²) < 4.78 is 38.7. The molecule has 0 radical (unpaired) electrons. The van der Waals surface area contributed by atoms with Gasteiger partial charge in [-0.05, 0) is 19.1 Å². The lowest BCUT2D eigenvalue weighted by Crippen LogP contribution is -2.10. The highest BCUT2D eigenvalue weighted by atomic mass is 19.4. The van der Waals surface area contributed by atoms with Gasteiger partial charge in [0.2, 0.25) is 0 Å². The Morgan fingerprint density at radius 2 is 2.00 bits per heavy atom. The minimum atomic E-state index is -4.40. The van der Waals surface area contributed by atoms with Crippen molar-refractivity contribution in [1.29, 1.82) is 0 Å². The standard InChI is InChI=1S/C10H8F3N3/c1-7-8(16-5-4-14-6-16)2-3-9(15-7)10(11,12)13/h2-6H,1H3. The van der Waals surface area contributed by atoms with Crippen molar-refractivity contribution >= 4 is 0 Å². The second kappa shape index (κ2) is 3.62. The summed E-state index contributed by atoms with van der Waals surface area (Å²) >= 11 is 0. The van der Waals surface area contributed by atoms with E-state index in [1.807, 2.05) is 0 Å². The molecule has 0 atom stereocenters. The number of aryl methyl sites for hydroxylation is 1. The molecule has 2 heterocycles. The average Bonchev–Trinajstić information content (AvgIpc) is 2.69. The summed E-state index contributed by atoms with van der Waals surface area (Å²) in [7, 11) is 0. The molecule has 0 unspecified atom stereocenters. The molecular weight excluding hydrogens is 219 g/mol. The summed E-state index contributed by atoms with van der Waals surface area (Å²) in [5, 5.41) is 0. The van der Waals surface area contributed by atoms with E-state index in [4.69, 9.17) is 0 Å². The topological polar surface area (TPSA) is 30.7 Å². The van der Waals surface area contributed by atoms with Gasteiger partial charge in [-0.1, -0.05) is 0 Å². The molecule has 0 spiro atoms. The molecule has 0 aliphatic heterocycles. The normalized spacial score (nSPS) is 11.8. The molecule has 16 heavy (non-hydrogen) atoms. The molecule has 0 amide bonds. The maximum atomic E-state index is 12.4. The molecule has 0 aromatic carbocycles. The molecule has 0 aliphatic rings. The second-order valence-electron chi connectivity index (χ2n) is 3.27. The first-order valence-corrected chi connectivity index (χ1v) is 4.51. The van der Waals surface area contributed by atoms with Crippen LogP contribution in [-0.4, -0.2) is 14.5 Å². The van der Waals surface area contributed by atoms with Gasteiger partial charge in [0.1, 0.15) is 5.69 Å². The van der Waals surface area contributed by atoms with E-state index in [1.165, 1.54) is 19.3 Å². The quantitative estimate of drug-likeness (QED) is 0.749. The van der Waals surface area contributed by atoms with Crippen molar-refractivity contribution in [3.63, 3.8) is 0 Å². The van der Waals surface area contributed by atoms with Crippen molar-refractivity contribution in [2.45, 2.75) is 13.1 Å². The summed E-state index contributed by atoms with van der Waals surface area (Å²) in [6, 6.07) is 2.34. The number of rotatable bonds is 1. The van der Waals surface area contributed by atoms with Gasteiger partial charge in [0.25, 0.3) is 0 Å². The molecule has 3 nitrogen and oxygen atoms in total. The Hall–Kier alpha value is -1.85. The maximum Gasteiger partial charge on any atom is 0.433 e. The van der Waals surface area contributed by atoms with Crippen LogP contribution in [0.4, 0.5) is 13.2 Å². The molecule has 2 aromatic rings. The molecular formula is C10H8F3N3. The van der Waals surface area contributed by atoms with E-state index in [2.05, 4.69) is 9.97 Å². The van der Waals surface area contributed by atoms with Crippen LogP contribution in [-0.2, 0) is 6.18 Å². The minimum absolute atomic E-state index is 0.313. The monoisotopic (exact) mass is 227 g/mol. The zero-order valence-corrected chi connectivity index (χ0v) is 8.36. The van der Waals surface area contributed by atoms with Gasteiger partial charge in [-0.25, -0.2) is 9.97 Å². The Bertz CT molecular complexity index is 489. The average molecular weight is 227 g/mol. The van der Waals surface area contributed by atoms with Crippen molar-refractivity contribution in [3.8, 4) is 5.69 Å². The molecule has 0 fully saturated rings. The Kier molecular flexibility index (Phi) is 2.41. The lowest BCUT2D eigenvalue weighted by atomic mass is 10.2. The van der Waals surface area contributed by atoms with Crippen LogP contribution in [0.2, 0.25) is 0 Å². The highest BCUT2D eigenvalue weighted by molar-refractivity contribution is 5.37. The molecule has 2 aromatic heterocycles. The minimum Gasteiger partial charge on any atom is -0.304 e. The highest BCUT2D eigenvalue weighted by Gasteiger charge is 2.32. The predicted octanol–water partition coefficient (Wildman–Crippen LogP) is 2.59. The molecule has 0 saturated heterocycles. The van der Waals surface area contributed by atoms with Crippen LogP contribution in [0.3, 0.4) is 0 Å². The van der Waals surface area contributed by atoms with Crippen LogP contribution in [0, 0.1) is 6.92 Å². The van der Waals surface area contributed by atoms with Crippen LogP contribution in [0.5, 0.6) is 0 Å². The molecule has 2 rings (SSSR count). The zero-order chi connectivity index (χ0) is 11.8. The first-order valence-electron chi connectivity index (χ1n) is 4.51. The van der Waals surface area contributed by atoms with E-state index >= 15 is 0 Å². The van der Waals surface area contributed by atoms with E-state index in [9.17, 15) is 13.2 Å². The van der Waals surface area contributed by atoms with E-state index in [-0.39, 0.29) is 0 Å². The first-order chi connectivity index (χ1) is 7.48. The van der Waals surface area contributed by atoms with Gasteiger partial charge in [0.05, 0.1) is 17.7 Å². The maximum absolute atomic E-state index is 12.4. The van der Waals surface area contributed by atoms with Crippen LogP contribution in [0.1, 0.15) is 11.4 Å². The van der Waals surface area contributed by atoms with E-state index in [1.54, 1.807) is 17.0 Å². The van der Waals surface area contributed by atoms with Crippen molar-refractivity contribution in [2.75, 3.05) is 0 Å². The van der Waals surface area contributed by atoms with Gasteiger partial charge in [0, 0.05) is 12.4 Å². The molecule has 0 aliphatic carbocycles. The highest BCUT2D eigenvalue weighted by Crippen LogP contribution is 2.28. The van der Waals surface area contributed by atoms with Crippen molar-refractivity contribution in [2.24, 2.45) is 0 Å². The van der Waals surface area contributed by atoms with E-state index in [0.717, 1.165) is 6.07 Å². The Morgan fingerprint density at radius 1 is 1.25 bits per heavy atom. The number of aromatic nitrogens is 3. The summed E-state index contributed by atoms with van der Waals surface area (Å²) in [5.41, 5.74) is 0.0205. The van der Waals surface area contributed by atoms with E-state index < -0.39 is 11.9 Å². The number of hydrogen-bond acceptors (Lipinski definition) is 2. The number of nitrogens with zero attached hydrogens (tertiary/aromatic N) is 3. The third-order valence-electron chi connectivity index (χ3n) is 2.13. The number of halogens is 3. The van der Waals surface area contributed by atoms with Crippen LogP contribution >= 0.6 is 0 Å². The predicted molar refractivity (Wildman–Crippen MR) is 51.1 cm³/mol. The SMILES string of the molecule is Cc1nc(C(F)(F)F)ccc1-n1ccnc1. The fourth-order valence-corrected chi connectivity index (χ4v) is 1.39. The van der Waals surface area contributed by atoms with Gasteiger partial charge in [-0.15, -0.1) is 0 Å². The van der Waals surface area contributed by atoms with Crippen molar-refractivity contribution in [3.05, 3.63) is 42.2 Å². The number of pyridine rings is 1. The van der Waals surface area contributed by atoms with Crippen LogP contribution < -0.4 is 0 Å². The summed E-state index contributed by atoms with van der Waals surface area (Å²) in [4.78, 5) is 7.35. The molecule has 84 valence electrons. The Balaban J connectivity index is 2.46. The van der Waals surface area contributed by atoms with Gasteiger partial charge in [-0.2, -0.15) is 13.2 Å². The number of imidazole rings is 1. The largest absolute Gasteiger partial charge is 0.433 e. The number of hydrogen-bond donors (Lipinski definition) is 0. The number of alkyl halides is 3. The fourth-order valence-electron chi connectivity index (χ4n) is 1.39. The van der Waals surface area contributed by atoms with Crippen molar-refractivity contribution in [1.82, 2.24) is 14.5 Å². The Labute approximate surface area is 89.6 Å². The third kappa shape index (κ3) is 1.91. The molecule has 0 bridgehead atoms. The van der Waals surface area contributed by atoms with Crippen LogP contribution in [0.25, 0.3) is 5.69 Å². The second-order valence-corrected chi connectivity index (χ2v) is 3.27. The molecule has 6 heteroatoms. The van der Waals surface area contributed by atoms with Gasteiger partial charge in [0.15, 0.2) is 0 Å². The summed E-state index contributed by atoms with van der Waals surface area (Å²) in [5.74, 6) is 0. The summed E-state index contributed by atoms with van der Waals surface area (Å²) in [6.07, 6.45) is 0.309. The Morgan fingerprint density at radius 3 is 2.50 bits per heavy atom. The van der Waals surface area contributed by atoms with Gasteiger partial charge in [-0.3, -0.25) is 0 Å². The first kappa shape index (κ1) is 10.7. The third-order valence-corrected chi connectivity index (χ3v) is 2.13. The molecule has 0 N–H and O–H groups in total. The summed E-state index contributed by atoms with van der Waals surface area (Å²) in [6.45, 7) is 1.53. The van der Waals surface area contributed by atoms with Crippen LogP contribution in [0.15, 0.2) is 30.9 Å². The van der Waals surface area contributed by atoms with Gasteiger partial charge < -0.3 is 4.57 Å². The van der Waals surface area contributed by atoms with Gasteiger partial charge >= 0.3 is 6.18 Å². The van der Waals surface area contributed by atoms with Crippen molar-refractivity contribution < 1.29 is 13.2 Å². The lowest BCUT2D eigenvalue weighted by molar-refractivity contribution is -0.141.